The monoisotopic (exact) mass is 215 g/mol. The molecule has 0 saturated carbocycles. The molecule has 0 bridgehead atoms. The van der Waals surface area contributed by atoms with Gasteiger partial charge in [-0.25, -0.2) is 0 Å². The van der Waals surface area contributed by atoms with Crippen LogP contribution in [0.4, 0.5) is 0 Å². The summed E-state index contributed by atoms with van der Waals surface area (Å²) in [5, 5.41) is 0. The lowest BCUT2D eigenvalue weighted by Crippen LogP contribution is -1.97. The fraction of sp³-hybridized carbons (Fsp3) is 0.0769. The van der Waals surface area contributed by atoms with Crippen LogP contribution in [-0.2, 0) is 6.54 Å². The van der Waals surface area contributed by atoms with Gasteiger partial charge >= 0.3 is 0 Å². The summed E-state index contributed by atoms with van der Waals surface area (Å²) in [7, 11) is 0. The van der Waals surface area contributed by atoms with Crippen LogP contribution in [0, 0.1) is 0 Å². The van der Waals surface area contributed by atoms with Crippen molar-refractivity contribution in [3.8, 4) is 0 Å². The highest BCUT2D eigenvalue weighted by Gasteiger charge is 2.01. The maximum absolute atomic E-state index is 5.69. The van der Waals surface area contributed by atoms with Gasteiger partial charge < -0.3 is 5.73 Å². The molecule has 0 heterocycles. The average Bonchev–Trinajstić information content (AvgIpc) is 2.31. The van der Waals surface area contributed by atoms with E-state index in [1.807, 2.05) is 30.3 Å². The summed E-state index contributed by atoms with van der Waals surface area (Å²) in [6, 6.07) is 18.6. The molecule has 2 rings (SSSR count). The Balaban J connectivity index is 2.24. The van der Waals surface area contributed by atoms with Gasteiger partial charge in [0.15, 0.2) is 0 Å². The van der Waals surface area contributed by atoms with Crippen molar-refractivity contribution in [1.82, 2.24) is 0 Å². The minimum absolute atomic E-state index is 0.593. The first kappa shape index (κ1) is 10.3. The van der Waals surface area contributed by atoms with Crippen molar-refractivity contribution in [1.29, 1.82) is 0 Å². The Morgan fingerprint density at radius 2 is 1.53 bits per heavy atom. The summed E-state index contributed by atoms with van der Waals surface area (Å²) in [6.07, 6.45) is 0. The smallest absolute Gasteiger partial charge is 0.0189 e. The minimum atomic E-state index is 0.593. The first-order chi connectivity index (χ1) is 7.40. The molecule has 2 aromatic rings. The predicted octanol–water partition coefficient (Wildman–Crippen LogP) is 3.30. The van der Waals surface area contributed by atoms with Crippen LogP contribution in [0.5, 0.6) is 0 Å². The van der Waals surface area contributed by atoms with E-state index in [4.69, 9.17) is 5.73 Å². The van der Waals surface area contributed by atoms with E-state index in [0.717, 1.165) is 0 Å². The summed E-state index contributed by atoms with van der Waals surface area (Å²) in [5.74, 6) is 0. The third-order valence-electron chi connectivity index (χ3n) is 2.16. The summed E-state index contributed by atoms with van der Waals surface area (Å²) >= 11 is 1.76. The fourth-order valence-corrected chi connectivity index (χ4v) is 2.36. The van der Waals surface area contributed by atoms with Crippen LogP contribution in [0.15, 0.2) is 64.4 Å². The third kappa shape index (κ3) is 2.61. The van der Waals surface area contributed by atoms with Crippen LogP contribution >= 0.6 is 11.8 Å². The Hall–Kier alpha value is -1.25. The Kier molecular flexibility index (Phi) is 3.43. The lowest BCUT2D eigenvalue weighted by Gasteiger charge is -2.06. The number of rotatable bonds is 3. The standard InChI is InChI=1S/C13H13NS/c14-10-11-6-4-5-9-13(11)15-12-7-2-1-3-8-12/h1-9H,10,14H2. The highest BCUT2D eigenvalue weighted by atomic mass is 32.2. The average molecular weight is 215 g/mol. The first-order valence-electron chi connectivity index (χ1n) is 4.91. The molecule has 0 saturated heterocycles. The van der Waals surface area contributed by atoms with Gasteiger partial charge in [-0.15, -0.1) is 0 Å². The van der Waals surface area contributed by atoms with E-state index in [1.54, 1.807) is 11.8 Å². The van der Waals surface area contributed by atoms with Crippen LogP contribution in [0.25, 0.3) is 0 Å². The molecule has 0 amide bonds. The highest BCUT2D eigenvalue weighted by Crippen LogP contribution is 2.29. The molecular weight excluding hydrogens is 202 g/mol. The summed E-state index contributed by atoms with van der Waals surface area (Å²) < 4.78 is 0. The van der Waals surface area contributed by atoms with Gasteiger partial charge in [-0.2, -0.15) is 0 Å². The van der Waals surface area contributed by atoms with Crippen molar-refractivity contribution in [2.24, 2.45) is 5.73 Å². The molecule has 0 spiro atoms. The molecule has 0 aromatic heterocycles. The largest absolute Gasteiger partial charge is 0.326 e. The number of benzene rings is 2. The van der Waals surface area contributed by atoms with Gasteiger partial charge in [0, 0.05) is 16.3 Å². The molecular formula is C13H13NS. The molecule has 0 atom stereocenters. The van der Waals surface area contributed by atoms with Gasteiger partial charge in [0.2, 0.25) is 0 Å². The highest BCUT2D eigenvalue weighted by molar-refractivity contribution is 7.99. The van der Waals surface area contributed by atoms with Crippen LogP contribution in [0.3, 0.4) is 0 Å². The van der Waals surface area contributed by atoms with Crippen molar-refractivity contribution >= 4 is 11.8 Å². The molecule has 15 heavy (non-hydrogen) atoms. The van der Waals surface area contributed by atoms with Gasteiger partial charge in [-0.05, 0) is 23.8 Å². The van der Waals surface area contributed by atoms with Gasteiger partial charge in [-0.3, -0.25) is 0 Å². The van der Waals surface area contributed by atoms with Gasteiger partial charge in [0.05, 0.1) is 0 Å². The zero-order valence-corrected chi connectivity index (χ0v) is 9.21. The maximum Gasteiger partial charge on any atom is 0.0189 e. The van der Waals surface area contributed by atoms with E-state index >= 15 is 0 Å². The molecule has 1 nitrogen and oxygen atoms in total. The van der Waals surface area contributed by atoms with Crippen LogP contribution in [0.2, 0.25) is 0 Å². The quantitative estimate of drug-likeness (QED) is 0.850. The molecule has 0 aliphatic rings. The van der Waals surface area contributed by atoms with Crippen molar-refractivity contribution in [2.75, 3.05) is 0 Å². The lowest BCUT2D eigenvalue weighted by atomic mass is 10.2. The van der Waals surface area contributed by atoms with E-state index in [2.05, 4.69) is 24.3 Å². The summed E-state index contributed by atoms with van der Waals surface area (Å²) in [6.45, 7) is 0.593. The number of hydrogen-bond donors (Lipinski definition) is 1. The van der Waals surface area contributed by atoms with Crippen LogP contribution < -0.4 is 5.73 Å². The van der Waals surface area contributed by atoms with Crippen LogP contribution in [-0.4, -0.2) is 0 Å². The van der Waals surface area contributed by atoms with Gasteiger partial charge in [0.1, 0.15) is 0 Å². The Morgan fingerprint density at radius 3 is 2.27 bits per heavy atom. The Morgan fingerprint density at radius 1 is 0.867 bits per heavy atom. The zero-order chi connectivity index (χ0) is 10.5. The molecule has 0 radical (unpaired) electrons. The molecule has 2 heteroatoms. The van der Waals surface area contributed by atoms with Crippen molar-refractivity contribution in [3.63, 3.8) is 0 Å². The Bertz CT molecular complexity index is 426. The SMILES string of the molecule is NCc1ccccc1Sc1ccccc1. The van der Waals surface area contributed by atoms with Crippen molar-refractivity contribution in [3.05, 3.63) is 60.2 Å². The molecule has 0 fully saturated rings. The minimum Gasteiger partial charge on any atom is -0.326 e. The van der Waals surface area contributed by atoms with E-state index in [-0.39, 0.29) is 0 Å². The van der Waals surface area contributed by atoms with Gasteiger partial charge in [-0.1, -0.05) is 48.2 Å². The molecule has 0 unspecified atom stereocenters. The fourth-order valence-electron chi connectivity index (χ4n) is 1.39. The topological polar surface area (TPSA) is 26.0 Å². The second kappa shape index (κ2) is 5.01. The van der Waals surface area contributed by atoms with Crippen molar-refractivity contribution in [2.45, 2.75) is 16.3 Å². The van der Waals surface area contributed by atoms with E-state index in [0.29, 0.717) is 6.54 Å². The van der Waals surface area contributed by atoms with Crippen LogP contribution in [0.1, 0.15) is 5.56 Å². The molecule has 2 aromatic carbocycles. The lowest BCUT2D eigenvalue weighted by molar-refractivity contribution is 1.03. The molecule has 76 valence electrons. The summed E-state index contributed by atoms with van der Waals surface area (Å²) in [5.41, 5.74) is 6.89. The third-order valence-corrected chi connectivity index (χ3v) is 3.29. The van der Waals surface area contributed by atoms with Gasteiger partial charge in [0.25, 0.3) is 0 Å². The maximum atomic E-state index is 5.69. The summed E-state index contributed by atoms with van der Waals surface area (Å²) in [4.78, 5) is 2.49. The number of hydrogen-bond acceptors (Lipinski definition) is 2. The normalized spacial score (nSPS) is 10.2. The Labute approximate surface area is 94.3 Å². The number of nitrogens with two attached hydrogens (primary N) is 1. The molecule has 0 aliphatic heterocycles. The van der Waals surface area contributed by atoms with E-state index in [9.17, 15) is 0 Å². The second-order valence-corrected chi connectivity index (χ2v) is 4.34. The second-order valence-electron chi connectivity index (χ2n) is 3.23. The van der Waals surface area contributed by atoms with Crippen molar-refractivity contribution < 1.29 is 0 Å². The zero-order valence-electron chi connectivity index (χ0n) is 8.39. The molecule has 2 N–H and O–H groups in total. The first-order valence-corrected chi connectivity index (χ1v) is 5.72. The van der Waals surface area contributed by atoms with E-state index < -0.39 is 0 Å². The molecule has 0 aliphatic carbocycles. The van der Waals surface area contributed by atoms with E-state index in [1.165, 1.54) is 15.4 Å². The predicted molar refractivity (Wildman–Crippen MR) is 64.9 cm³/mol.